The molecule has 0 spiro atoms. The number of carbonyl (C=O) groups excluding carboxylic acids is 1. The Kier molecular flexibility index (Phi) is 5.24. The quantitative estimate of drug-likeness (QED) is 0.787. The van der Waals surface area contributed by atoms with Gasteiger partial charge < -0.3 is 14.5 Å². The van der Waals surface area contributed by atoms with E-state index in [9.17, 15) is 4.79 Å². The van der Waals surface area contributed by atoms with E-state index in [0.717, 1.165) is 18.6 Å². The maximum absolute atomic E-state index is 11.8. The van der Waals surface area contributed by atoms with Crippen LogP contribution in [0.3, 0.4) is 0 Å². The van der Waals surface area contributed by atoms with Gasteiger partial charge in [-0.2, -0.15) is 0 Å². The van der Waals surface area contributed by atoms with Crippen molar-refractivity contribution in [1.29, 1.82) is 0 Å². The summed E-state index contributed by atoms with van der Waals surface area (Å²) >= 11 is 0. The van der Waals surface area contributed by atoms with Crippen LogP contribution in [0.25, 0.3) is 0 Å². The highest BCUT2D eigenvalue weighted by atomic mass is 16.5. The third-order valence-corrected chi connectivity index (χ3v) is 2.83. The van der Waals surface area contributed by atoms with Gasteiger partial charge in [0.05, 0.1) is 0 Å². The Morgan fingerprint density at radius 2 is 2.00 bits per heavy atom. The van der Waals surface area contributed by atoms with Crippen molar-refractivity contribution in [3.63, 3.8) is 0 Å². The van der Waals surface area contributed by atoms with Crippen LogP contribution < -0.4 is 10.1 Å². The molecule has 4 heteroatoms. The zero-order valence-corrected chi connectivity index (χ0v) is 11.6. The van der Waals surface area contributed by atoms with Gasteiger partial charge in [-0.1, -0.05) is 31.5 Å². The van der Waals surface area contributed by atoms with Gasteiger partial charge in [0.25, 0.3) is 5.91 Å². The molecule has 20 heavy (non-hydrogen) atoms. The summed E-state index contributed by atoms with van der Waals surface area (Å²) in [5, 5.41) is 2.81. The summed E-state index contributed by atoms with van der Waals surface area (Å²) in [6.45, 7) is 3.07. The predicted octanol–water partition coefficient (Wildman–Crippen LogP) is 3.39. The average molecular weight is 273 g/mol. The molecule has 0 bridgehead atoms. The SMILES string of the molecule is CCCCNC(=O)c1ccc(COc2ccccc2)o1. The van der Waals surface area contributed by atoms with Crippen LogP contribution in [0, 0.1) is 0 Å². The van der Waals surface area contributed by atoms with Gasteiger partial charge in [0.15, 0.2) is 5.76 Å². The zero-order chi connectivity index (χ0) is 14.2. The minimum atomic E-state index is -0.176. The van der Waals surface area contributed by atoms with E-state index in [-0.39, 0.29) is 5.91 Å². The molecule has 1 N–H and O–H groups in total. The Balaban J connectivity index is 1.84. The third-order valence-electron chi connectivity index (χ3n) is 2.83. The number of unbranched alkanes of at least 4 members (excludes halogenated alkanes) is 1. The second kappa shape index (κ2) is 7.38. The zero-order valence-electron chi connectivity index (χ0n) is 11.6. The fourth-order valence-corrected chi connectivity index (χ4v) is 1.71. The van der Waals surface area contributed by atoms with Crippen LogP contribution in [0.1, 0.15) is 36.1 Å². The normalized spacial score (nSPS) is 10.2. The van der Waals surface area contributed by atoms with Gasteiger partial charge in [0, 0.05) is 6.54 Å². The van der Waals surface area contributed by atoms with E-state index in [4.69, 9.17) is 9.15 Å². The first-order valence-electron chi connectivity index (χ1n) is 6.84. The molecule has 0 saturated heterocycles. The van der Waals surface area contributed by atoms with Crippen molar-refractivity contribution >= 4 is 5.91 Å². The van der Waals surface area contributed by atoms with Crippen molar-refractivity contribution in [2.45, 2.75) is 26.4 Å². The molecular weight excluding hydrogens is 254 g/mol. The number of amides is 1. The largest absolute Gasteiger partial charge is 0.486 e. The highest BCUT2D eigenvalue weighted by Gasteiger charge is 2.10. The second-order valence-electron chi connectivity index (χ2n) is 4.48. The molecule has 2 aromatic rings. The van der Waals surface area contributed by atoms with E-state index >= 15 is 0 Å². The number of hydrogen-bond donors (Lipinski definition) is 1. The second-order valence-corrected chi connectivity index (χ2v) is 4.48. The highest BCUT2D eigenvalue weighted by Crippen LogP contribution is 2.13. The smallest absolute Gasteiger partial charge is 0.286 e. The lowest BCUT2D eigenvalue weighted by Crippen LogP contribution is -2.23. The van der Waals surface area contributed by atoms with Gasteiger partial charge in [0.1, 0.15) is 18.1 Å². The summed E-state index contributed by atoms with van der Waals surface area (Å²) in [5.74, 6) is 1.56. The molecule has 0 unspecified atom stereocenters. The maximum Gasteiger partial charge on any atom is 0.286 e. The van der Waals surface area contributed by atoms with Crippen LogP contribution in [0.2, 0.25) is 0 Å². The van der Waals surface area contributed by atoms with Crippen LogP contribution in [0.15, 0.2) is 46.9 Å². The number of ether oxygens (including phenoxy) is 1. The van der Waals surface area contributed by atoms with E-state index in [1.54, 1.807) is 12.1 Å². The van der Waals surface area contributed by atoms with E-state index in [1.807, 2.05) is 30.3 Å². The number of carbonyl (C=O) groups is 1. The molecule has 0 aliphatic heterocycles. The summed E-state index contributed by atoms with van der Waals surface area (Å²) in [6, 6.07) is 12.9. The van der Waals surface area contributed by atoms with Crippen LogP contribution in [-0.4, -0.2) is 12.5 Å². The van der Waals surface area contributed by atoms with E-state index in [2.05, 4.69) is 12.2 Å². The molecule has 1 heterocycles. The standard InChI is InChI=1S/C16H19NO3/c1-2-3-11-17-16(18)15-10-9-14(20-15)12-19-13-7-5-4-6-8-13/h4-10H,2-3,11-12H2,1H3,(H,17,18). The molecule has 4 nitrogen and oxygen atoms in total. The molecule has 1 aromatic heterocycles. The molecule has 1 amide bonds. The first kappa shape index (κ1) is 14.2. The molecule has 1 aromatic carbocycles. The highest BCUT2D eigenvalue weighted by molar-refractivity contribution is 5.91. The number of rotatable bonds is 7. The summed E-state index contributed by atoms with van der Waals surface area (Å²) in [7, 11) is 0. The fraction of sp³-hybridized carbons (Fsp3) is 0.312. The molecule has 106 valence electrons. The van der Waals surface area contributed by atoms with E-state index in [1.165, 1.54) is 0 Å². The topological polar surface area (TPSA) is 51.5 Å². The Morgan fingerprint density at radius 3 is 2.75 bits per heavy atom. The lowest BCUT2D eigenvalue weighted by Gasteiger charge is -2.03. The Bertz CT molecular complexity index is 534. The molecule has 0 radical (unpaired) electrons. The number of hydrogen-bond acceptors (Lipinski definition) is 3. The van der Waals surface area contributed by atoms with Crippen LogP contribution in [0.4, 0.5) is 0 Å². The van der Waals surface area contributed by atoms with Crippen molar-refractivity contribution in [2.75, 3.05) is 6.54 Å². The van der Waals surface area contributed by atoms with E-state index in [0.29, 0.717) is 24.7 Å². The average Bonchev–Trinajstić information content (AvgIpc) is 2.95. The number of para-hydroxylation sites is 1. The molecular formula is C16H19NO3. The molecule has 0 atom stereocenters. The predicted molar refractivity (Wildman–Crippen MR) is 76.7 cm³/mol. The Morgan fingerprint density at radius 1 is 1.20 bits per heavy atom. The number of furan rings is 1. The maximum atomic E-state index is 11.8. The van der Waals surface area contributed by atoms with Crippen LogP contribution in [0.5, 0.6) is 5.75 Å². The lowest BCUT2D eigenvalue weighted by atomic mass is 10.3. The fourth-order valence-electron chi connectivity index (χ4n) is 1.71. The molecule has 0 fully saturated rings. The van der Waals surface area contributed by atoms with Crippen molar-refractivity contribution in [3.8, 4) is 5.75 Å². The van der Waals surface area contributed by atoms with Gasteiger partial charge in [-0.05, 0) is 30.7 Å². The van der Waals surface area contributed by atoms with Crippen LogP contribution in [-0.2, 0) is 6.61 Å². The molecule has 2 rings (SSSR count). The number of benzene rings is 1. The summed E-state index contributed by atoms with van der Waals surface area (Å²) < 4.78 is 11.0. The van der Waals surface area contributed by atoms with Gasteiger partial charge in [-0.15, -0.1) is 0 Å². The van der Waals surface area contributed by atoms with Crippen LogP contribution >= 0.6 is 0 Å². The Labute approximate surface area is 118 Å². The van der Waals surface area contributed by atoms with Gasteiger partial charge in [-0.25, -0.2) is 0 Å². The lowest BCUT2D eigenvalue weighted by molar-refractivity contribution is 0.0921. The minimum Gasteiger partial charge on any atom is -0.486 e. The van der Waals surface area contributed by atoms with E-state index < -0.39 is 0 Å². The summed E-state index contributed by atoms with van der Waals surface area (Å²) in [6.07, 6.45) is 2.02. The van der Waals surface area contributed by atoms with Gasteiger partial charge in [0.2, 0.25) is 0 Å². The minimum absolute atomic E-state index is 0.176. The Hall–Kier alpha value is -2.23. The molecule has 0 saturated carbocycles. The van der Waals surface area contributed by atoms with Crippen molar-refractivity contribution < 1.29 is 13.9 Å². The molecule has 0 aliphatic rings. The van der Waals surface area contributed by atoms with Gasteiger partial charge in [-0.3, -0.25) is 4.79 Å². The summed E-state index contributed by atoms with van der Waals surface area (Å²) in [4.78, 5) is 11.8. The monoisotopic (exact) mass is 273 g/mol. The van der Waals surface area contributed by atoms with Crippen molar-refractivity contribution in [1.82, 2.24) is 5.32 Å². The van der Waals surface area contributed by atoms with Gasteiger partial charge >= 0.3 is 0 Å². The van der Waals surface area contributed by atoms with Crippen molar-refractivity contribution in [3.05, 3.63) is 54.0 Å². The first-order valence-corrected chi connectivity index (χ1v) is 6.84. The summed E-state index contributed by atoms with van der Waals surface area (Å²) in [5.41, 5.74) is 0. The third kappa shape index (κ3) is 4.16. The number of nitrogens with one attached hydrogen (secondary N) is 1. The molecule has 0 aliphatic carbocycles. The van der Waals surface area contributed by atoms with Crippen molar-refractivity contribution in [2.24, 2.45) is 0 Å². The first-order chi connectivity index (χ1) is 9.79.